The molecular formula is C20H37N3O4. The topological polar surface area (TPSA) is 86.8 Å². The lowest BCUT2D eigenvalue weighted by atomic mass is 9.83. The second-order valence-electron chi connectivity index (χ2n) is 8.38. The number of carbonyl (C=O) groups excluding carboxylic acids is 4. The number of hydrogen-bond donors (Lipinski definition) is 1. The molecular weight excluding hydrogens is 346 g/mol. The molecule has 3 atom stereocenters. The van der Waals surface area contributed by atoms with Gasteiger partial charge >= 0.3 is 0 Å². The summed E-state index contributed by atoms with van der Waals surface area (Å²) in [4.78, 5) is 51.6. The van der Waals surface area contributed by atoms with E-state index in [1.54, 1.807) is 14.1 Å². The third-order valence-corrected chi connectivity index (χ3v) is 5.36. The number of nitrogens with zero attached hydrogens (tertiary/aromatic N) is 2. The highest BCUT2D eigenvalue weighted by Gasteiger charge is 2.45. The van der Waals surface area contributed by atoms with Crippen molar-refractivity contribution in [3.63, 3.8) is 0 Å². The fraction of sp³-hybridized carbons (Fsp3) is 0.800. The first kappa shape index (κ1) is 25.2. The van der Waals surface area contributed by atoms with Crippen LogP contribution >= 0.6 is 0 Å². The zero-order valence-corrected chi connectivity index (χ0v) is 18.3. The molecule has 1 N–H and O–H groups in total. The Bertz CT molecular complexity index is 533. The summed E-state index contributed by atoms with van der Waals surface area (Å²) in [6, 6.07) is -1.06. The van der Waals surface area contributed by atoms with Crippen LogP contribution in [0.5, 0.6) is 0 Å². The molecule has 0 bridgehead atoms. The van der Waals surface area contributed by atoms with Crippen molar-refractivity contribution < 1.29 is 19.2 Å². The maximum atomic E-state index is 13.1. The quantitative estimate of drug-likeness (QED) is 0.514. The number of aldehydes is 1. The van der Waals surface area contributed by atoms with Crippen molar-refractivity contribution in [3.8, 4) is 0 Å². The largest absolute Gasteiger partial charge is 0.347 e. The standard InChI is InChI=1S/C20H37N3O4/c1-13(2)17(21-12-25)19(27)23(9)20(11-24,15(5)6)10-22(8)18(14(3)4)16(7)26/h11-15,17-18H,10H2,1-9H3,(H,21,25)/t17-,18-,20?/m0/s1. The summed E-state index contributed by atoms with van der Waals surface area (Å²) < 4.78 is 0. The van der Waals surface area contributed by atoms with Crippen LogP contribution in [-0.2, 0) is 19.2 Å². The van der Waals surface area contributed by atoms with E-state index in [0.29, 0.717) is 6.41 Å². The van der Waals surface area contributed by atoms with Gasteiger partial charge in [-0.25, -0.2) is 0 Å². The first-order valence-electron chi connectivity index (χ1n) is 9.51. The average molecular weight is 384 g/mol. The molecule has 0 spiro atoms. The van der Waals surface area contributed by atoms with Gasteiger partial charge in [-0.1, -0.05) is 41.5 Å². The van der Waals surface area contributed by atoms with E-state index in [1.165, 1.54) is 11.8 Å². The molecule has 7 nitrogen and oxygen atoms in total. The molecule has 0 aliphatic carbocycles. The molecule has 7 heteroatoms. The predicted octanol–water partition coefficient (Wildman–Crippen LogP) is 1.35. The van der Waals surface area contributed by atoms with E-state index in [4.69, 9.17) is 0 Å². The minimum absolute atomic E-state index is 0.0210. The van der Waals surface area contributed by atoms with Gasteiger partial charge in [0.25, 0.3) is 0 Å². The lowest BCUT2D eigenvalue weighted by Gasteiger charge is -2.46. The van der Waals surface area contributed by atoms with Gasteiger partial charge < -0.3 is 15.0 Å². The van der Waals surface area contributed by atoms with Crippen LogP contribution in [0.1, 0.15) is 48.5 Å². The molecule has 0 saturated carbocycles. The summed E-state index contributed by atoms with van der Waals surface area (Å²) in [5, 5.41) is 2.55. The van der Waals surface area contributed by atoms with E-state index in [1.807, 2.05) is 46.4 Å². The van der Waals surface area contributed by atoms with Crippen LogP contribution in [0.25, 0.3) is 0 Å². The molecule has 0 aliphatic heterocycles. The highest BCUT2D eigenvalue weighted by Crippen LogP contribution is 2.26. The van der Waals surface area contributed by atoms with E-state index in [9.17, 15) is 19.2 Å². The number of amides is 2. The number of ketones is 1. The SMILES string of the molecule is CC(=O)[C@H](C(C)C)N(C)CC(C=O)(C(C)C)N(C)C(=O)[C@@H](NC=O)C(C)C. The maximum Gasteiger partial charge on any atom is 0.246 e. The van der Waals surface area contributed by atoms with Crippen molar-refractivity contribution in [2.45, 2.75) is 66.1 Å². The Hall–Kier alpha value is -1.76. The van der Waals surface area contributed by atoms with E-state index in [-0.39, 0.29) is 42.0 Å². The van der Waals surface area contributed by atoms with Crippen LogP contribution in [0.15, 0.2) is 0 Å². The van der Waals surface area contributed by atoms with Crippen molar-refractivity contribution >= 4 is 24.4 Å². The molecule has 2 amide bonds. The Morgan fingerprint density at radius 2 is 1.52 bits per heavy atom. The minimum Gasteiger partial charge on any atom is -0.347 e. The van der Waals surface area contributed by atoms with Gasteiger partial charge in [-0.3, -0.25) is 19.3 Å². The number of nitrogens with one attached hydrogen (secondary N) is 1. The molecule has 1 unspecified atom stereocenters. The van der Waals surface area contributed by atoms with Crippen LogP contribution in [0, 0.1) is 17.8 Å². The number of carbonyl (C=O) groups is 4. The molecule has 0 aromatic carbocycles. The maximum absolute atomic E-state index is 13.1. The molecule has 0 aromatic heterocycles. The lowest BCUT2D eigenvalue weighted by molar-refractivity contribution is -0.148. The number of hydrogen-bond acceptors (Lipinski definition) is 5. The highest BCUT2D eigenvalue weighted by atomic mass is 16.2. The Kier molecular flexibility index (Phi) is 9.86. The van der Waals surface area contributed by atoms with Crippen molar-refractivity contribution in [2.75, 3.05) is 20.6 Å². The third kappa shape index (κ3) is 5.86. The van der Waals surface area contributed by atoms with E-state index in [2.05, 4.69) is 5.32 Å². The van der Waals surface area contributed by atoms with Crippen molar-refractivity contribution in [3.05, 3.63) is 0 Å². The molecule has 0 aliphatic rings. The summed E-state index contributed by atoms with van der Waals surface area (Å²) in [7, 11) is 3.39. The van der Waals surface area contributed by atoms with Crippen LogP contribution < -0.4 is 5.32 Å². The van der Waals surface area contributed by atoms with Gasteiger partial charge in [-0.05, 0) is 31.7 Å². The molecule has 0 saturated heterocycles. The van der Waals surface area contributed by atoms with E-state index >= 15 is 0 Å². The molecule has 0 heterocycles. The highest BCUT2D eigenvalue weighted by molar-refractivity contribution is 5.88. The first-order valence-corrected chi connectivity index (χ1v) is 9.51. The molecule has 156 valence electrons. The van der Waals surface area contributed by atoms with Crippen LogP contribution in [-0.4, -0.2) is 72.4 Å². The number of rotatable bonds is 12. The Morgan fingerprint density at radius 1 is 1.00 bits per heavy atom. The van der Waals surface area contributed by atoms with Gasteiger partial charge in [0.1, 0.15) is 23.7 Å². The van der Waals surface area contributed by atoms with Crippen LogP contribution in [0.2, 0.25) is 0 Å². The molecule has 27 heavy (non-hydrogen) atoms. The number of likely N-dealkylation sites (N-methyl/N-ethyl adjacent to an activating group) is 2. The first-order chi connectivity index (χ1) is 12.4. The number of Topliss-reactive ketones (excluding diaryl/α,β-unsaturated/α-hetero) is 1. The third-order valence-electron chi connectivity index (χ3n) is 5.36. The van der Waals surface area contributed by atoms with Crippen LogP contribution in [0.3, 0.4) is 0 Å². The van der Waals surface area contributed by atoms with Gasteiger partial charge in [0.15, 0.2) is 0 Å². The van der Waals surface area contributed by atoms with Crippen molar-refractivity contribution in [1.29, 1.82) is 0 Å². The van der Waals surface area contributed by atoms with Crippen molar-refractivity contribution in [2.24, 2.45) is 17.8 Å². The summed E-state index contributed by atoms with van der Waals surface area (Å²) in [5.41, 5.74) is -1.12. The zero-order chi connectivity index (χ0) is 21.5. The van der Waals surface area contributed by atoms with Gasteiger partial charge in [-0.2, -0.15) is 0 Å². The smallest absolute Gasteiger partial charge is 0.246 e. The zero-order valence-electron chi connectivity index (χ0n) is 18.3. The second-order valence-corrected chi connectivity index (χ2v) is 8.38. The van der Waals surface area contributed by atoms with E-state index in [0.717, 1.165) is 6.29 Å². The lowest BCUT2D eigenvalue weighted by Crippen LogP contribution is -2.65. The minimum atomic E-state index is -1.12. The Balaban J connectivity index is 5.94. The monoisotopic (exact) mass is 383 g/mol. The van der Waals surface area contributed by atoms with Crippen LogP contribution in [0.4, 0.5) is 0 Å². The second kappa shape index (κ2) is 10.5. The summed E-state index contributed by atoms with van der Waals surface area (Å²) in [6.45, 7) is 13.1. The molecule has 0 rings (SSSR count). The Morgan fingerprint density at radius 3 is 1.81 bits per heavy atom. The summed E-state index contributed by atoms with van der Waals surface area (Å²) in [5.74, 6) is -0.539. The molecule has 0 fully saturated rings. The normalized spacial score (nSPS) is 16.2. The fourth-order valence-electron chi connectivity index (χ4n) is 3.75. The van der Waals surface area contributed by atoms with Gasteiger partial charge in [-0.15, -0.1) is 0 Å². The molecule has 0 radical (unpaired) electrons. The van der Waals surface area contributed by atoms with Gasteiger partial charge in [0.2, 0.25) is 12.3 Å². The van der Waals surface area contributed by atoms with Gasteiger partial charge in [0.05, 0.1) is 6.04 Å². The Labute approximate surface area is 163 Å². The molecule has 0 aromatic rings. The van der Waals surface area contributed by atoms with Crippen molar-refractivity contribution in [1.82, 2.24) is 15.1 Å². The fourth-order valence-corrected chi connectivity index (χ4v) is 3.75. The summed E-state index contributed by atoms with van der Waals surface area (Å²) >= 11 is 0. The predicted molar refractivity (Wildman–Crippen MR) is 106 cm³/mol. The van der Waals surface area contributed by atoms with Gasteiger partial charge in [0, 0.05) is 13.6 Å². The van der Waals surface area contributed by atoms with E-state index < -0.39 is 11.6 Å². The summed E-state index contributed by atoms with van der Waals surface area (Å²) in [6.07, 6.45) is 1.30. The average Bonchev–Trinajstić information content (AvgIpc) is 2.54.